The molecule has 0 aliphatic carbocycles. The summed E-state index contributed by atoms with van der Waals surface area (Å²) in [6.45, 7) is 5.73. The summed E-state index contributed by atoms with van der Waals surface area (Å²) < 4.78 is 20.9. The van der Waals surface area contributed by atoms with Crippen LogP contribution in [0.25, 0.3) is 0 Å². The largest absolute Gasteiger partial charge is 0.483 e. The number of nitrogens with zero attached hydrogens (tertiary/aromatic N) is 3. The van der Waals surface area contributed by atoms with E-state index in [9.17, 15) is 14.0 Å². The van der Waals surface area contributed by atoms with Gasteiger partial charge in [0, 0.05) is 13.6 Å². The summed E-state index contributed by atoms with van der Waals surface area (Å²) in [5, 5.41) is 12.5. The molecule has 27 heavy (non-hydrogen) atoms. The van der Waals surface area contributed by atoms with Crippen LogP contribution in [-0.2, 0) is 17.9 Å². The van der Waals surface area contributed by atoms with Gasteiger partial charge in [0.15, 0.2) is 22.5 Å². The molecule has 1 unspecified atom stereocenters. The number of amides is 3. The summed E-state index contributed by atoms with van der Waals surface area (Å²) in [4.78, 5) is 23.3. The molecule has 2 rings (SSSR count). The molecule has 10 heteroatoms. The molecule has 0 saturated heterocycles. The first-order valence-electron chi connectivity index (χ1n) is 8.05. The number of aromatic nitrogens is 3. The van der Waals surface area contributed by atoms with Crippen LogP contribution in [0.2, 0.25) is 0 Å². The standard InChI is InChI=1S/C17H20FN5O3S/c1-4-9-23-14(10-26-13-8-6-5-7-12(13)18)21-22-17(23)27-11(2)15(24)20-16(25)19-3/h4-8,11H,1,9-10H2,2-3H3,(H2,19,20,24,25). The predicted molar refractivity (Wildman–Crippen MR) is 98.9 cm³/mol. The lowest BCUT2D eigenvalue weighted by Crippen LogP contribution is -2.41. The Morgan fingerprint density at radius 3 is 2.81 bits per heavy atom. The SMILES string of the molecule is C=CCn1c(COc2ccccc2F)nnc1SC(C)C(=O)NC(=O)NC. The van der Waals surface area contributed by atoms with Crippen molar-refractivity contribution in [1.29, 1.82) is 0 Å². The Morgan fingerprint density at radius 2 is 2.15 bits per heavy atom. The monoisotopic (exact) mass is 393 g/mol. The average molecular weight is 393 g/mol. The van der Waals surface area contributed by atoms with Gasteiger partial charge in [0.05, 0.1) is 5.25 Å². The number of benzene rings is 1. The van der Waals surface area contributed by atoms with Gasteiger partial charge in [-0.05, 0) is 19.1 Å². The molecule has 0 spiro atoms. The number of urea groups is 1. The minimum absolute atomic E-state index is 0.00114. The molecule has 1 aromatic heterocycles. The van der Waals surface area contributed by atoms with Gasteiger partial charge in [0.2, 0.25) is 5.91 Å². The fourth-order valence-electron chi connectivity index (χ4n) is 2.02. The Morgan fingerprint density at radius 1 is 1.41 bits per heavy atom. The molecule has 2 aromatic rings. The number of carbonyl (C=O) groups is 2. The van der Waals surface area contributed by atoms with E-state index < -0.39 is 23.0 Å². The third-order valence-electron chi connectivity index (χ3n) is 3.41. The maximum atomic E-state index is 13.7. The van der Waals surface area contributed by atoms with Gasteiger partial charge in [0.25, 0.3) is 0 Å². The summed E-state index contributed by atoms with van der Waals surface area (Å²) >= 11 is 1.14. The molecular weight excluding hydrogens is 373 g/mol. The summed E-state index contributed by atoms with van der Waals surface area (Å²) in [7, 11) is 1.42. The van der Waals surface area contributed by atoms with E-state index in [1.807, 2.05) is 0 Å². The van der Waals surface area contributed by atoms with Gasteiger partial charge in [-0.1, -0.05) is 30.0 Å². The van der Waals surface area contributed by atoms with Crippen molar-refractivity contribution in [2.24, 2.45) is 0 Å². The number of thioether (sulfide) groups is 1. The number of imide groups is 1. The van der Waals surface area contributed by atoms with E-state index in [0.717, 1.165) is 11.8 Å². The van der Waals surface area contributed by atoms with Crippen molar-refractivity contribution in [3.63, 3.8) is 0 Å². The molecule has 1 aromatic carbocycles. The van der Waals surface area contributed by atoms with Gasteiger partial charge in [-0.2, -0.15) is 0 Å². The quantitative estimate of drug-likeness (QED) is 0.527. The zero-order chi connectivity index (χ0) is 19.8. The van der Waals surface area contributed by atoms with Crippen molar-refractivity contribution >= 4 is 23.7 Å². The highest BCUT2D eigenvalue weighted by atomic mass is 32.2. The first kappa shape index (κ1) is 20.4. The second kappa shape index (κ2) is 9.72. The van der Waals surface area contributed by atoms with Crippen LogP contribution in [0.3, 0.4) is 0 Å². The lowest BCUT2D eigenvalue weighted by Gasteiger charge is -2.12. The molecule has 0 radical (unpaired) electrons. The van der Waals surface area contributed by atoms with Crippen LogP contribution in [0.1, 0.15) is 12.7 Å². The molecule has 1 atom stereocenters. The smallest absolute Gasteiger partial charge is 0.321 e. The van der Waals surface area contributed by atoms with Crippen LogP contribution in [-0.4, -0.2) is 39.0 Å². The second-order valence-electron chi connectivity index (χ2n) is 5.35. The normalized spacial score (nSPS) is 11.5. The summed E-state index contributed by atoms with van der Waals surface area (Å²) in [6, 6.07) is 5.48. The molecule has 144 valence electrons. The predicted octanol–water partition coefficient (Wildman–Crippen LogP) is 2.12. The first-order chi connectivity index (χ1) is 13.0. The Kier molecular flexibility index (Phi) is 7.35. The molecular formula is C17H20FN5O3S. The van der Waals surface area contributed by atoms with E-state index in [2.05, 4.69) is 27.4 Å². The topological polar surface area (TPSA) is 98.1 Å². The zero-order valence-corrected chi connectivity index (χ0v) is 15.8. The van der Waals surface area contributed by atoms with E-state index in [1.54, 1.807) is 29.7 Å². The highest BCUT2D eigenvalue weighted by Gasteiger charge is 2.21. The van der Waals surface area contributed by atoms with E-state index in [4.69, 9.17) is 4.74 Å². The second-order valence-corrected chi connectivity index (χ2v) is 6.65. The maximum Gasteiger partial charge on any atom is 0.321 e. The molecule has 8 nitrogen and oxygen atoms in total. The highest BCUT2D eigenvalue weighted by molar-refractivity contribution is 8.00. The number of para-hydroxylation sites is 1. The molecule has 2 N–H and O–H groups in total. The number of hydrogen-bond donors (Lipinski definition) is 2. The summed E-state index contributed by atoms with van der Waals surface area (Å²) in [5.74, 6) is -0.365. The van der Waals surface area contributed by atoms with Crippen LogP contribution < -0.4 is 15.4 Å². The molecule has 1 heterocycles. The van der Waals surface area contributed by atoms with Gasteiger partial charge in [-0.25, -0.2) is 9.18 Å². The van der Waals surface area contributed by atoms with E-state index in [0.29, 0.717) is 17.5 Å². The van der Waals surface area contributed by atoms with E-state index >= 15 is 0 Å². The van der Waals surface area contributed by atoms with Crippen molar-refractivity contribution < 1.29 is 18.7 Å². The number of rotatable bonds is 8. The van der Waals surface area contributed by atoms with Crippen LogP contribution in [0.5, 0.6) is 5.75 Å². The third-order valence-corrected chi connectivity index (χ3v) is 4.49. The van der Waals surface area contributed by atoms with Crippen molar-refractivity contribution in [2.75, 3.05) is 7.05 Å². The minimum atomic E-state index is -0.588. The number of hydrogen-bond acceptors (Lipinski definition) is 6. The zero-order valence-electron chi connectivity index (χ0n) is 14.9. The minimum Gasteiger partial charge on any atom is -0.483 e. The van der Waals surface area contributed by atoms with Crippen LogP contribution in [0.15, 0.2) is 42.1 Å². The van der Waals surface area contributed by atoms with Crippen molar-refractivity contribution in [2.45, 2.75) is 30.5 Å². The number of halogens is 1. The van der Waals surface area contributed by atoms with E-state index in [1.165, 1.54) is 19.2 Å². The number of ether oxygens (including phenoxy) is 1. The fourth-order valence-corrected chi connectivity index (χ4v) is 2.89. The molecule has 0 saturated carbocycles. The first-order valence-corrected chi connectivity index (χ1v) is 8.93. The van der Waals surface area contributed by atoms with E-state index in [-0.39, 0.29) is 12.4 Å². The van der Waals surface area contributed by atoms with Gasteiger partial charge in [-0.15, -0.1) is 16.8 Å². The summed E-state index contributed by atoms with van der Waals surface area (Å²) in [6.07, 6.45) is 1.65. The Balaban J connectivity index is 2.09. The molecule has 0 aliphatic rings. The van der Waals surface area contributed by atoms with Crippen molar-refractivity contribution in [3.05, 3.63) is 48.6 Å². The lowest BCUT2D eigenvalue weighted by molar-refractivity contribution is -0.119. The molecule has 0 aliphatic heterocycles. The molecule has 0 bridgehead atoms. The van der Waals surface area contributed by atoms with Gasteiger partial charge in [0.1, 0.15) is 6.61 Å². The lowest BCUT2D eigenvalue weighted by atomic mass is 10.3. The number of nitrogens with one attached hydrogen (secondary N) is 2. The third kappa shape index (κ3) is 5.55. The Bertz CT molecular complexity index is 827. The number of allylic oxidation sites excluding steroid dienone is 1. The fraction of sp³-hybridized carbons (Fsp3) is 0.294. The van der Waals surface area contributed by atoms with Gasteiger partial charge in [-0.3, -0.25) is 14.7 Å². The van der Waals surface area contributed by atoms with Gasteiger partial charge >= 0.3 is 6.03 Å². The number of carbonyl (C=O) groups excluding carboxylic acids is 2. The molecule has 3 amide bonds. The Hall–Kier alpha value is -2.88. The van der Waals surface area contributed by atoms with Crippen LogP contribution >= 0.6 is 11.8 Å². The van der Waals surface area contributed by atoms with Crippen LogP contribution in [0, 0.1) is 5.82 Å². The maximum absolute atomic E-state index is 13.7. The van der Waals surface area contributed by atoms with Crippen LogP contribution in [0.4, 0.5) is 9.18 Å². The van der Waals surface area contributed by atoms with Crippen molar-refractivity contribution in [1.82, 2.24) is 25.4 Å². The molecule has 0 fully saturated rings. The average Bonchev–Trinajstić information content (AvgIpc) is 3.02. The summed E-state index contributed by atoms with van der Waals surface area (Å²) in [5.41, 5.74) is 0. The van der Waals surface area contributed by atoms with Gasteiger partial charge < -0.3 is 10.1 Å². The van der Waals surface area contributed by atoms with Crippen molar-refractivity contribution in [3.8, 4) is 5.75 Å². The Labute approximate surface area is 160 Å². The highest BCUT2D eigenvalue weighted by Crippen LogP contribution is 2.23.